The molecule has 3 rings (SSSR count). The SMILES string of the molecule is O=C(C[C@H](CN1CCN(CC(=O)N2CCCC2)CC1)C(=O)O)Nc1ccc(O)cc1. The van der Waals surface area contributed by atoms with Gasteiger partial charge in [0.2, 0.25) is 11.8 Å². The van der Waals surface area contributed by atoms with Crippen LogP contribution in [0.5, 0.6) is 5.75 Å². The predicted octanol–water partition coefficient (Wildman–Crippen LogP) is 0.662. The number of hydrogen-bond donors (Lipinski definition) is 3. The van der Waals surface area contributed by atoms with Crippen molar-refractivity contribution in [3.8, 4) is 5.75 Å². The summed E-state index contributed by atoms with van der Waals surface area (Å²) >= 11 is 0. The van der Waals surface area contributed by atoms with Gasteiger partial charge in [-0.3, -0.25) is 24.2 Å². The molecular weight excluding hydrogens is 388 g/mol. The molecule has 1 atom stereocenters. The number of piperazine rings is 1. The molecule has 2 fully saturated rings. The molecule has 1 aromatic rings. The maximum Gasteiger partial charge on any atom is 0.308 e. The fraction of sp³-hybridized carbons (Fsp3) is 0.571. The van der Waals surface area contributed by atoms with E-state index in [0.717, 1.165) is 25.9 Å². The van der Waals surface area contributed by atoms with Crippen molar-refractivity contribution >= 4 is 23.5 Å². The zero-order valence-electron chi connectivity index (χ0n) is 17.1. The Morgan fingerprint density at radius 2 is 1.53 bits per heavy atom. The Balaban J connectivity index is 1.43. The molecule has 9 heteroatoms. The number of carboxylic acids is 1. The first-order valence-corrected chi connectivity index (χ1v) is 10.4. The van der Waals surface area contributed by atoms with Gasteiger partial charge in [-0.15, -0.1) is 0 Å². The number of carbonyl (C=O) groups excluding carboxylic acids is 2. The molecular formula is C21H30N4O5. The molecule has 30 heavy (non-hydrogen) atoms. The van der Waals surface area contributed by atoms with E-state index in [9.17, 15) is 24.6 Å². The number of nitrogens with zero attached hydrogens (tertiary/aromatic N) is 3. The van der Waals surface area contributed by atoms with Gasteiger partial charge in [-0.1, -0.05) is 0 Å². The first-order valence-electron chi connectivity index (χ1n) is 10.4. The van der Waals surface area contributed by atoms with E-state index in [2.05, 4.69) is 10.2 Å². The molecule has 2 aliphatic heterocycles. The number of phenols is 1. The first kappa shape index (κ1) is 22.0. The van der Waals surface area contributed by atoms with Gasteiger partial charge in [0.1, 0.15) is 5.75 Å². The van der Waals surface area contributed by atoms with Crippen LogP contribution in [0.2, 0.25) is 0 Å². The predicted molar refractivity (Wildman–Crippen MR) is 111 cm³/mol. The number of benzene rings is 1. The van der Waals surface area contributed by atoms with Crippen LogP contribution in [-0.4, -0.2) is 95.1 Å². The Labute approximate surface area is 176 Å². The quantitative estimate of drug-likeness (QED) is 0.532. The van der Waals surface area contributed by atoms with E-state index in [1.807, 2.05) is 9.80 Å². The highest BCUT2D eigenvalue weighted by Crippen LogP contribution is 2.16. The van der Waals surface area contributed by atoms with Gasteiger partial charge in [0, 0.05) is 57.9 Å². The van der Waals surface area contributed by atoms with Crippen LogP contribution in [0.3, 0.4) is 0 Å². The number of carbonyl (C=O) groups is 3. The van der Waals surface area contributed by atoms with Crippen molar-refractivity contribution in [1.29, 1.82) is 0 Å². The van der Waals surface area contributed by atoms with E-state index in [1.54, 1.807) is 12.1 Å². The normalized spacial score (nSPS) is 18.9. The Bertz CT molecular complexity index is 740. The molecule has 0 aliphatic carbocycles. The minimum atomic E-state index is -0.998. The molecule has 0 radical (unpaired) electrons. The van der Waals surface area contributed by atoms with Gasteiger partial charge in [-0.25, -0.2) is 0 Å². The molecule has 2 saturated heterocycles. The lowest BCUT2D eigenvalue weighted by molar-refractivity contribution is -0.144. The van der Waals surface area contributed by atoms with E-state index in [1.165, 1.54) is 12.1 Å². The lowest BCUT2D eigenvalue weighted by atomic mass is 10.0. The number of anilines is 1. The van der Waals surface area contributed by atoms with Crippen molar-refractivity contribution in [3.05, 3.63) is 24.3 Å². The summed E-state index contributed by atoms with van der Waals surface area (Å²) in [5.41, 5.74) is 0.512. The molecule has 0 aromatic heterocycles. The second-order valence-electron chi connectivity index (χ2n) is 8.00. The fourth-order valence-corrected chi connectivity index (χ4v) is 3.91. The highest BCUT2D eigenvalue weighted by Gasteiger charge is 2.28. The van der Waals surface area contributed by atoms with Gasteiger partial charge in [0.25, 0.3) is 0 Å². The van der Waals surface area contributed by atoms with Gasteiger partial charge in [0.05, 0.1) is 12.5 Å². The molecule has 2 amide bonds. The summed E-state index contributed by atoms with van der Waals surface area (Å²) in [5, 5.41) is 21.5. The van der Waals surface area contributed by atoms with Gasteiger partial charge < -0.3 is 20.4 Å². The third kappa shape index (κ3) is 6.43. The highest BCUT2D eigenvalue weighted by molar-refractivity contribution is 5.93. The van der Waals surface area contributed by atoms with Crippen LogP contribution in [0, 0.1) is 5.92 Å². The third-order valence-electron chi connectivity index (χ3n) is 5.69. The van der Waals surface area contributed by atoms with E-state index in [-0.39, 0.29) is 24.0 Å². The van der Waals surface area contributed by atoms with Crippen LogP contribution in [0.15, 0.2) is 24.3 Å². The van der Waals surface area contributed by atoms with Gasteiger partial charge in [-0.05, 0) is 37.1 Å². The van der Waals surface area contributed by atoms with Crippen molar-refractivity contribution < 1.29 is 24.6 Å². The lowest BCUT2D eigenvalue weighted by Crippen LogP contribution is -2.51. The van der Waals surface area contributed by atoms with Gasteiger partial charge in [0.15, 0.2) is 0 Å². The molecule has 2 heterocycles. The number of nitrogens with one attached hydrogen (secondary N) is 1. The fourth-order valence-electron chi connectivity index (χ4n) is 3.91. The number of likely N-dealkylation sites (tertiary alicyclic amines) is 1. The van der Waals surface area contributed by atoms with Crippen LogP contribution in [0.4, 0.5) is 5.69 Å². The molecule has 2 aliphatic rings. The first-order chi connectivity index (χ1) is 14.4. The van der Waals surface area contributed by atoms with Crippen LogP contribution >= 0.6 is 0 Å². The topological polar surface area (TPSA) is 113 Å². The minimum Gasteiger partial charge on any atom is -0.508 e. The molecule has 0 spiro atoms. The Hall–Kier alpha value is -2.65. The number of hydrogen-bond acceptors (Lipinski definition) is 6. The van der Waals surface area contributed by atoms with Crippen LogP contribution in [0.25, 0.3) is 0 Å². The third-order valence-corrected chi connectivity index (χ3v) is 5.69. The monoisotopic (exact) mass is 418 g/mol. The van der Waals surface area contributed by atoms with E-state index in [4.69, 9.17) is 0 Å². The number of phenolic OH excluding ortho intramolecular Hbond substituents is 1. The maximum absolute atomic E-state index is 12.3. The van der Waals surface area contributed by atoms with Crippen molar-refractivity contribution in [2.75, 3.05) is 57.7 Å². The maximum atomic E-state index is 12.3. The van der Waals surface area contributed by atoms with Crippen molar-refractivity contribution in [1.82, 2.24) is 14.7 Å². The van der Waals surface area contributed by atoms with E-state index < -0.39 is 11.9 Å². The molecule has 164 valence electrons. The van der Waals surface area contributed by atoms with Crippen molar-refractivity contribution in [3.63, 3.8) is 0 Å². The van der Waals surface area contributed by atoms with Gasteiger partial charge >= 0.3 is 5.97 Å². The summed E-state index contributed by atoms with van der Waals surface area (Å²) in [6.45, 7) is 5.21. The molecule has 1 aromatic carbocycles. The summed E-state index contributed by atoms with van der Waals surface area (Å²) < 4.78 is 0. The molecule has 0 bridgehead atoms. The average molecular weight is 418 g/mol. The van der Waals surface area contributed by atoms with E-state index in [0.29, 0.717) is 45.0 Å². The molecule has 3 N–H and O–H groups in total. The standard InChI is InChI=1S/C21H30N4O5/c26-18-5-3-17(4-6-18)22-19(27)13-16(21(29)30)14-23-9-11-24(12-10-23)15-20(28)25-7-1-2-8-25/h3-6,16,26H,1-2,7-15H2,(H,22,27)(H,29,30)/t16-/m1/s1. The number of carboxylic acid groups (broad SMARTS) is 1. The smallest absolute Gasteiger partial charge is 0.308 e. The summed E-state index contributed by atoms with van der Waals surface area (Å²) in [6.07, 6.45) is 2.04. The Kier molecular flexibility index (Phi) is 7.64. The van der Waals surface area contributed by atoms with Crippen LogP contribution in [-0.2, 0) is 14.4 Å². The molecule has 0 saturated carbocycles. The highest BCUT2D eigenvalue weighted by atomic mass is 16.4. The summed E-state index contributed by atoms with van der Waals surface area (Å²) in [4.78, 5) is 42.3. The minimum absolute atomic E-state index is 0.0951. The lowest BCUT2D eigenvalue weighted by Gasteiger charge is -2.36. The largest absolute Gasteiger partial charge is 0.508 e. The zero-order chi connectivity index (χ0) is 21.5. The Morgan fingerprint density at radius 3 is 2.13 bits per heavy atom. The summed E-state index contributed by atoms with van der Waals surface area (Å²) in [5.74, 6) is -1.90. The summed E-state index contributed by atoms with van der Waals surface area (Å²) in [7, 11) is 0. The molecule has 0 unspecified atom stereocenters. The van der Waals surface area contributed by atoms with Crippen LogP contribution in [0.1, 0.15) is 19.3 Å². The molecule has 9 nitrogen and oxygen atoms in total. The van der Waals surface area contributed by atoms with Crippen molar-refractivity contribution in [2.45, 2.75) is 19.3 Å². The number of aliphatic carboxylic acids is 1. The van der Waals surface area contributed by atoms with Crippen LogP contribution < -0.4 is 5.32 Å². The van der Waals surface area contributed by atoms with Crippen molar-refractivity contribution in [2.24, 2.45) is 5.92 Å². The summed E-state index contributed by atoms with van der Waals surface area (Å²) in [6, 6.07) is 6.04. The van der Waals surface area contributed by atoms with E-state index >= 15 is 0 Å². The second kappa shape index (κ2) is 10.4. The average Bonchev–Trinajstić information content (AvgIpc) is 3.25. The number of rotatable bonds is 8. The zero-order valence-corrected chi connectivity index (χ0v) is 17.1. The second-order valence-corrected chi connectivity index (χ2v) is 8.00. The number of aromatic hydroxyl groups is 1. The number of amides is 2. The van der Waals surface area contributed by atoms with Gasteiger partial charge in [-0.2, -0.15) is 0 Å². The Morgan fingerprint density at radius 1 is 0.933 bits per heavy atom.